The molecule has 1 rings (SSSR count). The first kappa shape index (κ1) is 17.4. The molecule has 0 aromatic rings. The molecule has 0 aliphatic carbocycles. The van der Waals surface area contributed by atoms with Crippen LogP contribution in [0.25, 0.3) is 0 Å². The molecule has 1 amide bonds. The summed E-state index contributed by atoms with van der Waals surface area (Å²) in [4.78, 5) is 14.5. The second kappa shape index (κ2) is 10.2. The smallest absolute Gasteiger partial charge is 0.237 e. The summed E-state index contributed by atoms with van der Waals surface area (Å²) in [5.74, 6) is 0.183. The number of unbranched alkanes of at least 4 members (excludes halogenated alkanes) is 1. The Morgan fingerprint density at radius 2 is 2.15 bits per heavy atom. The zero-order valence-electron chi connectivity index (χ0n) is 13.6. The number of hydrogen-bond acceptors (Lipinski definition) is 3. The third-order valence-corrected chi connectivity index (χ3v) is 4.13. The van der Waals surface area contributed by atoms with Crippen molar-refractivity contribution in [3.63, 3.8) is 0 Å². The van der Waals surface area contributed by atoms with Gasteiger partial charge >= 0.3 is 0 Å². The van der Waals surface area contributed by atoms with Crippen LogP contribution in [0.15, 0.2) is 0 Å². The number of carbonyl (C=O) groups excluding carboxylic acids is 1. The van der Waals surface area contributed by atoms with Crippen LogP contribution in [0, 0.1) is 0 Å². The van der Waals surface area contributed by atoms with Crippen molar-refractivity contribution >= 4 is 5.91 Å². The lowest BCUT2D eigenvalue weighted by atomic mass is 10.0. The first-order valence-electron chi connectivity index (χ1n) is 8.44. The van der Waals surface area contributed by atoms with Crippen LogP contribution in [0.5, 0.6) is 0 Å². The molecule has 0 saturated carbocycles. The molecule has 2 unspecified atom stereocenters. The molecule has 0 aromatic heterocycles. The summed E-state index contributed by atoms with van der Waals surface area (Å²) in [6.45, 7) is 10.3. The maximum Gasteiger partial charge on any atom is 0.237 e. The molecule has 0 aromatic carbocycles. The number of nitrogens with one attached hydrogen (secondary N) is 2. The second-order valence-corrected chi connectivity index (χ2v) is 5.96. The molecule has 0 spiro atoms. The highest BCUT2D eigenvalue weighted by molar-refractivity contribution is 5.81. The lowest BCUT2D eigenvalue weighted by molar-refractivity contribution is -0.126. The molecule has 1 fully saturated rings. The van der Waals surface area contributed by atoms with Gasteiger partial charge in [-0.15, -0.1) is 0 Å². The first-order valence-corrected chi connectivity index (χ1v) is 8.44. The topological polar surface area (TPSA) is 44.4 Å². The summed E-state index contributed by atoms with van der Waals surface area (Å²) in [6.07, 6.45) is 7.13. The van der Waals surface area contributed by atoms with Gasteiger partial charge < -0.3 is 10.6 Å². The Morgan fingerprint density at radius 1 is 1.35 bits per heavy atom. The lowest BCUT2D eigenvalue weighted by Gasteiger charge is -2.33. The molecular formula is C16H33N3O. The van der Waals surface area contributed by atoms with E-state index in [1.165, 1.54) is 19.3 Å². The number of rotatable bonds is 9. The van der Waals surface area contributed by atoms with Crippen LogP contribution in [-0.2, 0) is 4.79 Å². The van der Waals surface area contributed by atoms with E-state index in [4.69, 9.17) is 0 Å². The normalized spacial score (nSPS) is 20.9. The third-order valence-electron chi connectivity index (χ3n) is 4.13. The minimum absolute atomic E-state index is 0.0180. The standard InChI is InChI=1S/C16H33N3O/c1-4-6-10-18-16(20)14(3)19(12-5-2)13-15-9-7-8-11-17-15/h14-15,17H,4-13H2,1-3H3,(H,18,20). The summed E-state index contributed by atoms with van der Waals surface area (Å²) in [7, 11) is 0. The molecule has 1 saturated heterocycles. The molecule has 0 radical (unpaired) electrons. The summed E-state index contributed by atoms with van der Waals surface area (Å²) in [6, 6.07) is 0.539. The highest BCUT2D eigenvalue weighted by atomic mass is 16.2. The Bertz CT molecular complexity index is 264. The molecule has 2 N–H and O–H groups in total. The average Bonchev–Trinajstić information content (AvgIpc) is 2.47. The van der Waals surface area contributed by atoms with Gasteiger partial charge in [-0.2, -0.15) is 0 Å². The van der Waals surface area contributed by atoms with Gasteiger partial charge in [0.15, 0.2) is 0 Å². The van der Waals surface area contributed by atoms with Gasteiger partial charge in [0.25, 0.3) is 0 Å². The predicted molar refractivity (Wildman–Crippen MR) is 84.9 cm³/mol. The molecule has 20 heavy (non-hydrogen) atoms. The van der Waals surface area contributed by atoms with Crippen molar-refractivity contribution in [1.29, 1.82) is 0 Å². The van der Waals surface area contributed by atoms with E-state index in [2.05, 4.69) is 29.4 Å². The monoisotopic (exact) mass is 283 g/mol. The van der Waals surface area contributed by atoms with E-state index >= 15 is 0 Å². The Hall–Kier alpha value is -0.610. The van der Waals surface area contributed by atoms with Gasteiger partial charge in [0.2, 0.25) is 5.91 Å². The van der Waals surface area contributed by atoms with E-state index in [9.17, 15) is 4.79 Å². The zero-order valence-corrected chi connectivity index (χ0v) is 13.6. The number of piperidine rings is 1. The highest BCUT2D eigenvalue weighted by Crippen LogP contribution is 2.11. The van der Waals surface area contributed by atoms with Crippen LogP contribution in [-0.4, -0.2) is 49.1 Å². The van der Waals surface area contributed by atoms with Gasteiger partial charge in [0, 0.05) is 19.1 Å². The van der Waals surface area contributed by atoms with Crippen molar-refractivity contribution in [2.75, 3.05) is 26.2 Å². The quantitative estimate of drug-likeness (QED) is 0.637. The van der Waals surface area contributed by atoms with E-state index in [0.29, 0.717) is 6.04 Å². The molecule has 2 atom stereocenters. The van der Waals surface area contributed by atoms with Gasteiger partial charge in [-0.3, -0.25) is 9.69 Å². The molecule has 118 valence electrons. The van der Waals surface area contributed by atoms with Gasteiger partial charge in [-0.05, 0) is 45.7 Å². The van der Waals surface area contributed by atoms with E-state index < -0.39 is 0 Å². The van der Waals surface area contributed by atoms with E-state index in [-0.39, 0.29) is 11.9 Å². The summed E-state index contributed by atoms with van der Waals surface area (Å²) < 4.78 is 0. The fraction of sp³-hybridized carbons (Fsp3) is 0.938. The van der Waals surface area contributed by atoms with Crippen molar-refractivity contribution in [2.45, 2.75) is 71.4 Å². The van der Waals surface area contributed by atoms with Crippen molar-refractivity contribution < 1.29 is 4.79 Å². The Morgan fingerprint density at radius 3 is 2.75 bits per heavy atom. The van der Waals surface area contributed by atoms with Gasteiger partial charge in [0.05, 0.1) is 6.04 Å². The second-order valence-electron chi connectivity index (χ2n) is 5.96. The van der Waals surface area contributed by atoms with Crippen molar-refractivity contribution in [2.24, 2.45) is 0 Å². The molecule has 4 heteroatoms. The molecule has 4 nitrogen and oxygen atoms in total. The van der Waals surface area contributed by atoms with Crippen LogP contribution in [0.3, 0.4) is 0 Å². The number of hydrogen-bond donors (Lipinski definition) is 2. The first-order chi connectivity index (χ1) is 9.69. The Balaban J connectivity index is 2.43. The molecule has 0 bridgehead atoms. The van der Waals surface area contributed by atoms with Crippen molar-refractivity contribution in [3.05, 3.63) is 0 Å². The summed E-state index contributed by atoms with van der Waals surface area (Å²) in [5, 5.41) is 6.64. The maximum absolute atomic E-state index is 12.2. The molecule has 1 aliphatic heterocycles. The molecule has 1 aliphatic rings. The third kappa shape index (κ3) is 6.23. The van der Waals surface area contributed by atoms with Crippen molar-refractivity contribution in [3.8, 4) is 0 Å². The molecule has 1 heterocycles. The fourth-order valence-corrected chi connectivity index (χ4v) is 2.80. The Kier molecular flexibility index (Phi) is 8.86. The number of carbonyl (C=O) groups is 1. The van der Waals surface area contributed by atoms with E-state index in [1.807, 2.05) is 6.92 Å². The summed E-state index contributed by atoms with van der Waals surface area (Å²) in [5.41, 5.74) is 0. The van der Waals surface area contributed by atoms with Crippen molar-refractivity contribution in [1.82, 2.24) is 15.5 Å². The SMILES string of the molecule is CCCCNC(=O)C(C)N(CCC)CC1CCCCN1. The van der Waals surface area contributed by atoms with Crippen LogP contribution in [0.4, 0.5) is 0 Å². The minimum atomic E-state index is -0.0180. The summed E-state index contributed by atoms with van der Waals surface area (Å²) >= 11 is 0. The predicted octanol–water partition coefficient (Wildman–Crippen LogP) is 2.15. The van der Waals surface area contributed by atoms with Gasteiger partial charge in [-0.1, -0.05) is 26.7 Å². The van der Waals surface area contributed by atoms with Crippen LogP contribution in [0.2, 0.25) is 0 Å². The zero-order chi connectivity index (χ0) is 14.8. The maximum atomic E-state index is 12.2. The van der Waals surface area contributed by atoms with E-state index in [1.54, 1.807) is 0 Å². The van der Waals surface area contributed by atoms with E-state index in [0.717, 1.165) is 45.4 Å². The van der Waals surface area contributed by atoms with Gasteiger partial charge in [0.1, 0.15) is 0 Å². The largest absolute Gasteiger partial charge is 0.355 e. The molecular weight excluding hydrogens is 250 g/mol. The Labute approximate surface area is 124 Å². The van der Waals surface area contributed by atoms with Crippen LogP contribution in [0.1, 0.15) is 59.3 Å². The number of amides is 1. The van der Waals surface area contributed by atoms with Crippen LogP contribution >= 0.6 is 0 Å². The van der Waals surface area contributed by atoms with Gasteiger partial charge in [-0.25, -0.2) is 0 Å². The number of nitrogens with zero attached hydrogens (tertiary/aromatic N) is 1. The lowest BCUT2D eigenvalue weighted by Crippen LogP contribution is -2.51. The van der Waals surface area contributed by atoms with Crippen LogP contribution < -0.4 is 10.6 Å². The fourth-order valence-electron chi connectivity index (χ4n) is 2.80. The average molecular weight is 283 g/mol. The minimum Gasteiger partial charge on any atom is -0.355 e. The highest BCUT2D eigenvalue weighted by Gasteiger charge is 2.24.